The number of rotatable bonds is 20. The van der Waals surface area contributed by atoms with Crippen molar-refractivity contribution in [3.05, 3.63) is 58.9 Å². The number of aryl methyl sites for hydroxylation is 1. The van der Waals surface area contributed by atoms with Crippen molar-refractivity contribution in [2.45, 2.75) is 110 Å². The number of halogens is 2. The molecule has 0 atom stereocenters. The van der Waals surface area contributed by atoms with Gasteiger partial charge >= 0.3 is 0 Å². The molecule has 0 aliphatic carbocycles. The third-order valence-electron chi connectivity index (χ3n) is 6.65. The highest BCUT2D eigenvalue weighted by atomic mass is 127. The number of carbonyl (C=O) groups excluding carboxylic acids is 1. The summed E-state index contributed by atoms with van der Waals surface area (Å²) in [7, 11) is 1.97. The molecule has 0 unspecified atom stereocenters. The first-order valence-corrected chi connectivity index (χ1v) is 14.6. The van der Waals surface area contributed by atoms with E-state index in [1.807, 2.05) is 54.3 Å². The van der Waals surface area contributed by atoms with Gasteiger partial charge in [0.25, 0.3) is 0 Å². The lowest BCUT2D eigenvalue weighted by molar-refractivity contribution is -0.671. The smallest absolute Gasteiger partial charge is 0.224 e. The van der Waals surface area contributed by atoms with E-state index in [0.29, 0.717) is 30.3 Å². The lowest BCUT2D eigenvalue weighted by Gasteiger charge is -2.10. The normalized spacial score (nSPS) is 10.7. The monoisotopic (exact) mass is 642 g/mol. The molecular weight excluding hydrogens is 595 g/mol. The number of unbranched alkanes of at least 4 members (excludes halogenated alkanes) is 13. The van der Waals surface area contributed by atoms with Crippen molar-refractivity contribution in [3.63, 3.8) is 0 Å². The van der Waals surface area contributed by atoms with Crippen LogP contribution in [-0.4, -0.2) is 12.5 Å². The van der Waals surface area contributed by atoms with E-state index in [2.05, 4.69) is 12.2 Å². The largest absolute Gasteiger partial charge is 1.00 e. The van der Waals surface area contributed by atoms with Gasteiger partial charge in [0.2, 0.25) is 5.91 Å². The molecule has 0 radical (unpaired) electrons. The van der Waals surface area contributed by atoms with Crippen LogP contribution in [0.15, 0.2) is 42.7 Å². The highest BCUT2D eigenvalue weighted by Crippen LogP contribution is 2.26. The quantitative estimate of drug-likeness (QED) is 0.127. The highest BCUT2D eigenvalue weighted by Gasteiger charge is 2.08. The van der Waals surface area contributed by atoms with Crippen LogP contribution in [0, 0.1) is 0 Å². The van der Waals surface area contributed by atoms with Crippen LogP contribution in [0.2, 0.25) is 5.02 Å². The van der Waals surface area contributed by atoms with Crippen LogP contribution in [0.25, 0.3) is 0 Å². The molecule has 1 amide bonds. The number of carbonyl (C=O) groups is 1. The predicted octanol–water partition coefficient (Wildman–Crippen LogP) is 4.89. The number of hydrogen-bond donors (Lipinski definition) is 1. The minimum atomic E-state index is -0.0182. The number of aromatic nitrogens is 1. The molecule has 0 saturated heterocycles. The molecule has 2 rings (SSSR count). The average Bonchev–Trinajstić information content (AvgIpc) is 2.87. The van der Waals surface area contributed by atoms with Crippen molar-refractivity contribution in [1.82, 2.24) is 5.32 Å². The van der Waals surface area contributed by atoms with Gasteiger partial charge in [-0.05, 0) is 29.7 Å². The summed E-state index contributed by atoms with van der Waals surface area (Å²) in [5, 5.41) is 3.53. The van der Waals surface area contributed by atoms with Gasteiger partial charge in [0.1, 0.15) is 12.8 Å². The van der Waals surface area contributed by atoms with Crippen molar-refractivity contribution in [2.24, 2.45) is 7.05 Å². The summed E-state index contributed by atoms with van der Waals surface area (Å²) in [4.78, 5) is 12.3. The van der Waals surface area contributed by atoms with Crippen LogP contribution >= 0.6 is 11.6 Å². The summed E-state index contributed by atoms with van der Waals surface area (Å²) in [6.45, 7) is 3.49. The SMILES string of the molecule is CCCCCCCCCCCCCCCCOc1ccc(CC(=O)NCc2cc[n+](C)cc2)cc1Cl.[I-]. The van der Waals surface area contributed by atoms with Gasteiger partial charge in [-0.15, -0.1) is 0 Å². The van der Waals surface area contributed by atoms with Gasteiger partial charge in [-0.1, -0.05) is 108 Å². The Bertz CT molecular complexity index is 861. The van der Waals surface area contributed by atoms with E-state index >= 15 is 0 Å². The fourth-order valence-corrected chi connectivity index (χ4v) is 4.61. The molecule has 0 fully saturated rings. The number of hydrogen-bond acceptors (Lipinski definition) is 2. The minimum absolute atomic E-state index is 0. The first-order chi connectivity index (χ1) is 17.6. The van der Waals surface area contributed by atoms with Crippen LogP contribution in [0.1, 0.15) is 108 Å². The van der Waals surface area contributed by atoms with Gasteiger partial charge in [-0.3, -0.25) is 4.79 Å². The third kappa shape index (κ3) is 16.3. The molecular formula is C31H48ClIN2O2. The van der Waals surface area contributed by atoms with Crippen molar-refractivity contribution in [1.29, 1.82) is 0 Å². The molecule has 1 aromatic heterocycles. The van der Waals surface area contributed by atoms with Crippen LogP contribution < -0.4 is 38.6 Å². The van der Waals surface area contributed by atoms with Crippen LogP contribution in [0.4, 0.5) is 0 Å². The standard InChI is InChI=1S/C31H47ClN2O2.HI/c1-3-4-5-6-7-8-9-10-11-12-13-14-15-16-23-36-30-18-17-28(24-29(30)32)25-31(35)33-26-27-19-21-34(2)22-20-27;/h17-22,24H,3-16,23,25-26H2,1-2H3;1H. The molecule has 1 N–H and O–H groups in total. The zero-order valence-electron chi connectivity index (χ0n) is 23.1. The number of benzene rings is 1. The minimum Gasteiger partial charge on any atom is -1.00 e. The van der Waals surface area contributed by atoms with E-state index < -0.39 is 0 Å². The second kappa shape index (κ2) is 21.6. The number of nitrogens with one attached hydrogen (secondary N) is 1. The van der Waals surface area contributed by atoms with Gasteiger partial charge in [-0.25, -0.2) is 4.57 Å². The van der Waals surface area contributed by atoms with E-state index in [0.717, 1.165) is 17.5 Å². The molecule has 2 aromatic rings. The van der Waals surface area contributed by atoms with Gasteiger partial charge in [0.15, 0.2) is 12.4 Å². The molecule has 0 aliphatic rings. The van der Waals surface area contributed by atoms with E-state index in [1.54, 1.807) is 0 Å². The number of pyridine rings is 1. The Morgan fingerprint density at radius 3 is 1.89 bits per heavy atom. The molecule has 208 valence electrons. The molecule has 1 heterocycles. The average molecular weight is 643 g/mol. The Balaban J connectivity index is 0.00000684. The Kier molecular flexibility index (Phi) is 19.6. The van der Waals surface area contributed by atoms with Crippen molar-refractivity contribution in [3.8, 4) is 5.75 Å². The fraction of sp³-hybridized carbons (Fsp3) is 0.613. The number of amides is 1. The summed E-state index contributed by atoms with van der Waals surface area (Å²) < 4.78 is 7.85. The van der Waals surface area contributed by atoms with Crippen molar-refractivity contribution in [2.75, 3.05) is 6.61 Å². The summed E-state index contributed by atoms with van der Waals surface area (Å²) in [6.07, 6.45) is 23.1. The van der Waals surface area contributed by atoms with Gasteiger partial charge in [-0.2, -0.15) is 0 Å². The van der Waals surface area contributed by atoms with Gasteiger partial charge < -0.3 is 34.0 Å². The Morgan fingerprint density at radius 2 is 1.35 bits per heavy atom. The maximum atomic E-state index is 12.3. The second-order valence-corrected chi connectivity index (χ2v) is 10.4. The van der Waals surface area contributed by atoms with E-state index in [-0.39, 0.29) is 29.9 Å². The van der Waals surface area contributed by atoms with Crippen LogP contribution in [0.3, 0.4) is 0 Å². The van der Waals surface area contributed by atoms with Crippen LogP contribution in [-0.2, 0) is 24.8 Å². The molecule has 0 saturated carbocycles. The highest BCUT2D eigenvalue weighted by molar-refractivity contribution is 6.32. The second-order valence-electron chi connectivity index (χ2n) is 10.0. The van der Waals surface area contributed by atoms with Crippen molar-refractivity contribution < 1.29 is 38.1 Å². The number of nitrogens with zero attached hydrogens (tertiary/aromatic N) is 1. The van der Waals surface area contributed by atoms with E-state index in [9.17, 15) is 4.79 Å². The molecule has 37 heavy (non-hydrogen) atoms. The third-order valence-corrected chi connectivity index (χ3v) is 6.95. The van der Waals surface area contributed by atoms with E-state index in [1.165, 1.54) is 83.5 Å². The first-order valence-electron chi connectivity index (χ1n) is 14.2. The van der Waals surface area contributed by atoms with Crippen LogP contribution in [0.5, 0.6) is 5.75 Å². The van der Waals surface area contributed by atoms with Crippen molar-refractivity contribution >= 4 is 17.5 Å². The molecule has 6 heteroatoms. The molecule has 0 aliphatic heterocycles. The first kappa shape index (κ1) is 33.7. The summed E-state index contributed by atoms with van der Waals surface area (Å²) in [5.74, 6) is 0.683. The zero-order valence-corrected chi connectivity index (χ0v) is 26.0. The van der Waals surface area contributed by atoms with Gasteiger partial charge in [0.05, 0.1) is 18.1 Å². The Morgan fingerprint density at radius 1 is 0.811 bits per heavy atom. The fourth-order valence-electron chi connectivity index (χ4n) is 4.35. The Hall–Kier alpha value is -1.34. The zero-order chi connectivity index (χ0) is 25.8. The van der Waals surface area contributed by atoms with E-state index in [4.69, 9.17) is 16.3 Å². The summed E-state index contributed by atoms with van der Waals surface area (Å²) in [6, 6.07) is 9.65. The lowest BCUT2D eigenvalue weighted by atomic mass is 10.0. The maximum Gasteiger partial charge on any atom is 0.224 e. The Labute approximate surface area is 247 Å². The molecule has 0 spiro atoms. The number of ether oxygens (including phenoxy) is 1. The maximum absolute atomic E-state index is 12.3. The summed E-state index contributed by atoms with van der Waals surface area (Å²) in [5.41, 5.74) is 1.97. The summed E-state index contributed by atoms with van der Waals surface area (Å²) >= 11 is 6.41. The van der Waals surface area contributed by atoms with Gasteiger partial charge in [0, 0.05) is 18.7 Å². The lowest BCUT2D eigenvalue weighted by Crippen LogP contribution is -3.00. The molecule has 1 aromatic carbocycles. The predicted molar refractivity (Wildman–Crippen MR) is 150 cm³/mol. The topological polar surface area (TPSA) is 42.2 Å². The molecule has 4 nitrogen and oxygen atoms in total. The molecule has 0 bridgehead atoms.